The zero-order valence-electron chi connectivity index (χ0n) is 18.5. The van der Waals surface area contributed by atoms with Crippen LogP contribution in [0.1, 0.15) is 33.3 Å². The van der Waals surface area contributed by atoms with Gasteiger partial charge in [-0.3, -0.25) is 9.59 Å². The first-order valence-corrected chi connectivity index (χ1v) is 11.1. The predicted octanol–water partition coefficient (Wildman–Crippen LogP) is 3.84. The van der Waals surface area contributed by atoms with Crippen molar-refractivity contribution in [2.45, 2.75) is 45.9 Å². The lowest BCUT2D eigenvalue weighted by atomic mass is 10.2. The number of alkyl carbamates (subject to hydrolysis) is 1. The van der Waals surface area contributed by atoms with Gasteiger partial charge in [0, 0.05) is 9.64 Å². The van der Waals surface area contributed by atoms with Gasteiger partial charge < -0.3 is 25.4 Å². The maximum Gasteiger partial charge on any atom is 0.408 e. The van der Waals surface area contributed by atoms with Crippen LogP contribution < -0.4 is 20.7 Å². The number of ether oxygens (including phenoxy) is 2. The standard InChI is InChI=1S/C23H28IN3O5/c1-15(26-20(28)13-25-22(30)32-23(2,3)4)21(29)27-19-12-17(10-11-18(19)24)31-14-16-8-6-5-7-9-16/h5-12,15H,13-14H2,1-4H3,(H,25,30)(H,26,28)(H,27,29)/t15-/m1/s1. The first-order chi connectivity index (χ1) is 15.0. The number of hydrogen-bond donors (Lipinski definition) is 3. The quantitative estimate of drug-likeness (QED) is 0.431. The van der Waals surface area contributed by atoms with Crippen LogP contribution in [0.5, 0.6) is 5.75 Å². The third-order valence-corrected chi connectivity index (χ3v) is 4.95. The lowest BCUT2D eigenvalue weighted by Crippen LogP contribution is -2.46. The van der Waals surface area contributed by atoms with Crippen LogP contribution in [0.25, 0.3) is 0 Å². The Kier molecular flexibility index (Phi) is 9.30. The van der Waals surface area contributed by atoms with E-state index in [2.05, 4.69) is 38.5 Å². The van der Waals surface area contributed by atoms with Gasteiger partial charge in [0.2, 0.25) is 11.8 Å². The van der Waals surface area contributed by atoms with Crippen LogP contribution in [0.3, 0.4) is 0 Å². The Morgan fingerprint density at radius 3 is 2.41 bits per heavy atom. The highest BCUT2D eigenvalue weighted by Gasteiger charge is 2.19. The molecule has 0 aliphatic heterocycles. The molecular formula is C23H28IN3O5. The Hall–Kier alpha value is -2.82. The SMILES string of the molecule is C[C@@H](NC(=O)CNC(=O)OC(C)(C)C)C(=O)Nc1cc(OCc2ccccc2)ccc1I. The molecule has 8 nitrogen and oxygen atoms in total. The molecule has 0 aliphatic carbocycles. The molecule has 3 N–H and O–H groups in total. The molecule has 3 amide bonds. The molecular weight excluding hydrogens is 525 g/mol. The van der Waals surface area contributed by atoms with Gasteiger partial charge >= 0.3 is 6.09 Å². The first-order valence-electron chi connectivity index (χ1n) is 10.1. The first kappa shape index (κ1) is 25.4. The fourth-order valence-electron chi connectivity index (χ4n) is 2.50. The van der Waals surface area contributed by atoms with Crippen molar-refractivity contribution in [2.75, 3.05) is 11.9 Å². The van der Waals surface area contributed by atoms with E-state index >= 15 is 0 Å². The maximum absolute atomic E-state index is 12.5. The highest BCUT2D eigenvalue weighted by atomic mass is 127. The molecule has 0 spiro atoms. The molecule has 0 fully saturated rings. The molecule has 0 bridgehead atoms. The zero-order chi connectivity index (χ0) is 23.7. The van der Waals surface area contributed by atoms with Gasteiger partial charge in [0.1, 0.15) is 30.5 Å². The topological polar surface area (TPSA) is 106 Å². The summed E-state index contributed by atoms with van der Waals surface area (Å²) in [5.74, 6) is -0.287. The van der Waals surface area contributed by atoms with Crippen molar-refractivity contribution in [3.05, 3.63) is 57.7 Å². The molecule has 0 unspecified atom stereocenters. The van der Waals surface area contributed by atoms with Crippen molar-refractivity contribution in [1.29, 1.82) is 0 Å². The third-order valence-electron chi connectivity index (χ3n) is 4.01. The van der Waals surface area contributed by atoms with Gasteiger partial charge in [-0.2, -0.15) is 0 Å². The molecule has 0 heterocycles. The van der Waals surface area contributed by atoms with Gasteiger partial charge in [-0.05, 0) is 68.0 Å². The summed E-state index contributed by atoms with van der Waals surface area (Å²) >= 11 is 2.11. The van der Waals surface area contributed by atoms with Gasteiger partial charge in [0.15, 0.2) is 0 Å². The summed E-state index contributed by atoms with van der Waals surface area (Å²) in [4.78, 5) is 36.2. The second-order valence-electron chi connectivity index (χ2n) is 8.05. The Bertz CT molecular complexity index is 944. The summed E-state index contributed by atoms with van der Waals surface area (Å²) in [7, 11) is 0. The number of carbonyl (C=O) groups is 3. The number of nitrogens with one attached hydrogen (secondary N) is 3. The maximum atomic E-state index is 12.5. The van der Waals surface area contributed by atoms with Crippen molar-refractivity contribution >= 4 is 46.2 Å². The highest BCUT2D eigenvalue weighted by Crippen LogP contribution is 2.25. The van der Waals surface area contributed by atoms with Crippen LogP contribution in [-0.2, 0) is 20.9 Å². The van der Waals surface area contributed by atoms with Crippen LogP contribution in [0.4, 0.5) is 10.5 Å². The minimum absolute atomic E-state index is 0.299. The second kappa shape index (κ2) is 11.7. The minimum Gasteiger partial charge on any atom is -0.489 e. The summed E-state index contributed by atoms with van der Waals surface area (Å²) in [6, 6.07) is 14.4. The Morgan fingerprint density at radius 2 is 1.75 bits per heavy atom. The largest absolute Gasteiger partial charge is 0.489 e. The summed E-state index contributed by atoms with van der Waals surface area (Å²) in [5, 5.41) is 7.69. The van der Waals surface area contributed by atoms with Crippen molar-refractivity contribution in [3.8, 4) is 5.75 Å². The number of anilines is 1. The van der Waals surface area contributed by atoms with E-state index in [1.165, 1.54) is 0 Å². The highest BCUT2D eigenvalue weighted by molar-refractivity contribution is 14.1. The molecule has 0 saturated heterocycles. The summed E-state index contributed by atoms with van der Waals surface area (Å²) in [6.07, 6.45) is -0.702. The fourth-order valence-corrected chi connectivity index (χ4v) is 2.97. The normalized spacial score (nSPS) is 11.8. The lowest BCUT2D eigenvalue weighted by molar-refractivity contribution is -0.125. The van der Waals surface area contributed by atoms with Crippen molar-refractivity contribution in [1.82, 2.24) is 10.6 Å². The molecule has 0 aliphatic rings. The van der Waals surface area contributed by atoms with Crippen molar-refractivity contribution in [2.24, 2.45) is 0 Å². The number of carbonyl (C=O) groups excluding carboxylic acids is 3. The van der Waals surface area contributed by atoms with Gasteiger partial charge in [0.05, 0.1) is 5.69 Å². The van der Waals surface area contributed by atoms with Crippen LogP contribution in [-0.4, -0.2) is 36.1 Å². The minimum atomic E-state index is -0.812. The average molecular weight is 553 g/mol. The summed E-state index contributed by atoms with van der Waals surface area (Å²) in [5.41, 5.74) is 0.951. The Labute approximate surface area is 201 Å². The number of rotatable bonds is 8. The Balaban J connectivity index is 1.86. The predicted molar refractivity (Wildman–Crippen MR) is 130 cm³/mol. The molecule has 1 atom stereocenters. The van der Waals surface area contributed by atoms with Crippen molar-refractivity contribution < 1.29 is 23.9 Å². The van der Waals surface area contributed by atoms with Crippen LogP contribution in [0, 0.1) is 3.57 Å². The van der Waals surface area contributed by atoms with Crippen molar-refractivity contribution in [3.63, 3.8) is 0 Å². The molecule has 2 aromatic rings. The zero-order valence-corrected chi connectivity index (χ0v) is 20.7. The molecule has 32 heavy (non-hydrogen) atoms. The van der Waals surface area contributed by atoms with E-state index in [1.807, 2.05) is 42.5 Å². The molecule has 2 aromatic carbocycles. The van der Waals surface area contributed by atoms with Gasteiger partial charge in [0.25, 0.3) is 0 Å². The summed E-state index contributed by atoms with van der Waals surface area (Å²) in [6.45, 7) is 6.84. The number of halogens is 1. The average Bonchev–Trinajstić information content (AvgIpc) is 2.72. The van der Waals surface area contributed by atoms with E-state index < -0.39 is 29.6 Å². The number of amides is 3. The molecule has 2 rings (SSSR count). The van der Waals surface area contributed by atoms with Crippen LogP contribution in [0.15, 0.2) is 48.5 Å². The van der Waals surface area contributed by atoms with E-state index in [4.69, 9.17) is 9.47 Å². The molecule has 9 heteroatoms. The lowest BCUT2D eigenvalue weighted by Gasteiger charge is -2.20. The smallest absolute Gasteiger partial charge is 0.408 e. The van der Waals surface area contributed by atoms with Gasteiger partial charge in [-0.1, -0.05) is 30.3 Å². The Morgan fingerprint density at radius 1 is 1.06 bits per heavy atom. The molecule has 0 saturated carbocycles. The van der Waals surface area contributed by atoms with E-state index in [0.717, 1.165) is 9.13 Å². The second-order valence-corrected chi connectivity index (χ2v) is 9.21. The van der Waals surface area contributed by atoms with E-state index in [0.29, 0.717) is 18.0 Å². The van der Waals surface area contributed by atoms with Crippen LogP contribution in [0.2, 0.25) is 0 Å². The number of benzene rings is 2. The summed E-state index contributed by atoms with van der Waals surface area (Å²) < 4.78 is 11.7. The van der Waals surface area contributed by atoms with Gasteiger partial charge in [-0.15, -0.1) is 0 Å². The molecule has 0 radical (unpaired) electrons. The number of hydrogen-bond acceptors (Lipinski definition) is 5. The fraction of sp³-hybridized carbons (Fsp3) is 0.348. The van der Waals surface area contributed by atoms with E-state index in [9.17, 15) is 14.4 Å². The van der Waals surface area contributed by atoms with E-state index in [-0.39, 0.29) is 6.54 Å². The van der Waals surface area contributed by atoms with E-state index in [1.54, 1.807) is 33.8 Å². The molecule has 172 valence electrons. The monoisotopic (exact) mass is 553 g/mol. The third kappa shape index (κ3) is 9.13. The van der Waals surface area contributed by atoms with Gasteiger partial charge in [-0.25, -0.2) is 4.79 Å². The van der Waals surface area contributed by atoms with Crippen LogP contribution >= 0.6 is 22.6 Å². The molecule has 0 aromatic heterocycles.